The summed E-state index contributed by atoms with van der Waals surface area (Å²) in [6.07, 6.45) is 0. The monoisotopic (exact) mass is 292 g/mol. The number of hydrogen-bond donors (Lipinski definition) is 0. The van der Waals surface area contributed by atoms with E-state index in [4.69, 9.17) is 0 Å². The topological polar surface area (TPSA) is 0 Å². The van der Waals surface area contributed by atoms with Crippen molar-refractivity contribution in [3.05, 3.63) is 60.7 Å². The molecule has 0 aliphatic rings. The van der Waals surface area contributed by atoms with E-state index in [9.17, 15) is 0 Å². The predicted octanol–water partition coefficient (Wildman–Crippen LogP) is 2.81. The van der Waals surface area contributed by atoms with Gasteiger partial charge in [0.2, 0.25) is 0 Å². The van der Waals surface area contributed by atoms with E-state index in [0.717, 1.165) is 0 Å². The van der Waals surface area contributed by atoms with Crippen LogP contribution in [0.3, 0.4) is 0 Å². The Morgan fingerprint density at radius 1 is 0.583 bits per heavy atom. The SMILES string of the molecule is [Fe+2].[Pd+2].c1cc[cH-]c1.c1cc[cH-]c1. The van der Waals surface area contributed by atoms with Gasteiger partial charge in [0.1, 0.15) is 0 Å². The van der Waals surface area contributed by atoms with Crippen LogP contribution >= 0.6 is 0 Å². The van der Waals surface area contributed by atoms with Crippen LogP contribution in [-0.4, -0.2) is 0 Å². The first-order valence-electron chi connectivity index (χ1n) is 3.33. The molecule has 0 amide bonds. The van der Waals surface area contributed by atoms with Crippen molar-refractivity contribution in [2.75, 3.05) is 0 Å². The first-order valence-corrected chi connectivity index (χ1v) is 3.33. The Morgan fingerprint density at radius 3 is 0.917 bits per heavy atom. The molecule has 0 fully saturated rings. The maximum absolute atomic E-state index is 2.00. The summed E-state index contributed by atoms with van der Waals surface area (Å²) >= 11 is 0. The molecule has 0 atom stereocenters. The Hall–Kier alpha value is -0.118. The third-order valence-electron chi connectivity index (χ3n) is 1.11. The zero-order valence-corrected chi connectivity index (χ0v) is 9.10. The Morgan fingerprint density at radius 2 is 0.833 bits per heavy atom. The Kier molecular flexibility index (Phi) is 13.1. The fourth-order valence-electron chi connectivity index (χ4n) is 0.642. The number of hydrogen-bond acceptors (Lipinski definition) is 0. The van der Waals surface area contributed by atoms with Crippen molar-refractivity contribution in [2.24, 2.45) is 0 Å². The van der Waals surface area contributed by atoms with E-state index in [0.29, 0.717) is 0 Å². The summed E-state index contributed by atoms with van der Waals surface area (Å²) < 4.78 is 0. The van der Waals surface area contributed by atoms with Crippen molar-refractivity contribution in [1.82, 2.24) is 0 Å². The maximum atomic E-state index is 2.00. The molecule has 0 spiro atoms. The minimum atomic E-state index is 0. The zero-order valence-electron chi connectivity index (χ0n) is 6.44. The van der Waals surface area contributed by atoms with Crippen LogP contribution in [0.4, 0.5) is 0 Å². The summed E-state index contributed by atoms with van der Waals surface area (Å²) in [5.41, 5.74) is 0. The largest absolute Gasteiger partial charge is 2.00 e. The van der Waals surface area contributed by atoms with Crippen molar-refractivity contribution in [3.8, 4) is 0 Å². The van der Waals surface area contributed by atoms with Crippen LogP contribution in [0.15, 0.2) is 60.7 Å². The number of rotatable bonds is 0. The molecular formula is C10H10FePd+2. The van der Waals surface area contributed by atoms with E-state index >= 15 is 0 Å². The second-order valence-electron chi connectivity index (χ2n) is 1.92. The van der Waals surface area contributed by atoms with Crippen LogP contribution < -0.4 is 0 Å². The second-order valence-corrected chi connectivity index (χ2v) is 1.92. The van der Waals surface area contributed by atoms with Crippen molar-refractivity contribution >= 4 is 0 Å². The van der Waals surface area contributed by atoms with Gasteiger partial charge in [0.05, 0.1) is 0 Å². The summed E-state index contributed by atoms with van der Waals surface area (Å²) in [6, 6.07) is 20.0. The van der Waals surface area contributed by atoms with Crippen LogP contribution in [0.25, 0.3) is 0 Å². The minimum Gasteiger partial charge on any atom is -0.214 e. The van der Waals surface area contributed by atoms with Crippen LogP contribution in [0.5, 0.6) is 0 Å². The minimum absolute atomic E-state index is 0. The summed E-state index contributed by atoms with van der Waals surface area (Å²) in [4.78, 5) is 0. The van der Waals surface area contributed by atoms with Crippen LogP contribution in [-0.2, 0) is 37.5 Å². The molecule has 66 valence electrons. The van der Waals surface area contributed by atoms with Gasteiger partial charge < -0.3 is 0 Å². The molecule has 0 unspecified atom stereocenters. The smallest absolute Gasteiger partial charge is 0.214 e. The second kappa shape index (κ2) is 10.9. The summed E-state index contributed by atoms with van der Waals surface area (Å²) in [7, 11) is 0. The molecule has 0 saturated heterocycles. The van der Waals surface area contributed by atoms with Gasteiger partial charge in [-0.25, -0.2) is 24.3 Å². The summed E-state index contributed by atoms with van der Waals surface area (Å²) in [6.45, 7) is 0. The van der Waals surface area contributed by atoms with Crippen LogP contribution in [0, 0.1) is 0 Å². The molecule has 0 N–H and O–H groups in total. The first kappa shape index (κ1) is 14.4. The molecule has 0 bridgehead atoms. The molecule has 0 saturated carbocycles. The third-order valence-corrected chi connectivity index (χ3v) is 1.11. The fourth-order valence-corrected chi connectivity index (χ4v) is 0.642. The zero-order chi connectivity index (χ0) is 7.07. The van der Waals surface area contributed by atoms with Crippen molar-refractivity contribution < 1.29 is 37.5 Å². The van der Waals surface area contributed by atoms with Gasteiger partial charge in [-0.3, -0.25) is 0 Å². The van der Waals surface area contributed by atoms with Crippen LogP contribution in [0.1, 0.15) is 0 Å². The molecule has 0 radical (unpaired) electrons. The van der Waals surface area contributed by atoms with Gasteiger partial charge in [-0.15, -0.1) is 0 Å². The molecule has 2 aromatic carbocycles. The molecule has 2 aromatic rings. The molecule has 0 aliphatic carbocycles. The predicted molar refractivity (Wildman–Crippen MR) is 44.1 cm³/mol. The maximum Gasteiger partial charge on any atom is 2.00 e. The Labute approximate surface area is 97.8 Å². The van der Waals surface area contributed by atoms with Gasteiger partial charge in [0, 0.05) is 0 Å². The van der Waals surface area contributed by atoms with E-state index in [1.165, 1.54) is 0 Å². The van der Waals surface area contributed by atoms with E-state index in [-0.39, 0.29) is 37.5 Å². The van der Waals surface area contributed by atoms with Crippen LogP contribution in [0.2, 0.25) is 0 Å². The van der Waals surface area contributed by atoms with Crippen molar-refractivity contribution in [3.63, 3.8) is 0 Å². The third kappa shape index (κ3) is 7.98. The van der Waals surface area contributed by atoms with Gasteiger partial charge in [0.25, 0.3) is 0 Å². The van der Waals surface area contributed by atoms with E-state index in [1.54, 1.807) is 0 Å². The average Bonchev–Trinajstić information content (AvgIpc) is 2.67. The van der Waals surface area contributed by atoms with Gasteiger partial charge in [0.15, 0.2) is 0 Å². The Bertz CT molecular complexity index is 149. The van der Waals surface area contributed by atoms with E-state index in [1.807, 2.05) is 60.7 Å². The van der Waals surface area contributed by atoms with E-state index < -0.39 is 0 Å². The average molecular weight is 292 g/mol. The molecule has 2 rings (SSSR count). The fraction of sp³-hybridized carbons (Fsp3) is 0. The normalized spacial score (nSPS) is 6.67. The van der Waals surface area contributed by atoms with E-state index in [2.05, 4.69) is 0 Å². The molecule has 2 heteroatoms. The summed E-state index contributed by atoms with van der Waals surface area (Å²) in [5, 5.41) is 0. The van der Waals surface area contributed by atoms with Gasteiger partial charge in [-0.2, -0.15) is 36.4 Å². The van der Waals surface area contributed by atoms with Gasteiger partial charge >= 0.3 is 37.5 Å². The quantitative estimate of drug-likeness (QED) is 0.517. The molecule has 0 aromatic heterocycles. The standard InChI is InChI=1S/2C5H5.Fe.Pd/c2*1-2-4-5-3-1;;/h2*1-5H;;/q2*-1;2*+2. The molecule has 0 nitrogen and oxygen atoms in total. The first-order chi connectivity index (χ1) is 5.00. The van der Waals surface area contributed by atoms with Crippen molar-refractivity contribution in [2.45, 2.75) is 0 Å². The molecule has 12 heavy (non-hydrogen) atoms. The molecular weight excluding hydrogens is 282 g/mol. The van der Waals surface area contributed by atoms with Crippen molar-refractivity contribution in [1.29, 1.82) is 0 Å². The summed E-state index contributed by atoms with van der Waals surface area (Å²) in [5.74, 6) is 0. The molecule has 0 aliphatic heterocycles. The molecule has 0 heterocycles. The van der Waals surface area contributed by atoms with Gasteiger partial charge in [-0.1, -0.05) is 0 Å². The van der Waals surface area contributed by atoms with Gasteiger partial charge in [-0.05, 0) is 0 Å². The Balaban J connectivity index is 0.